The fourth-order valence-corrected chi connectivity index (χ4v) is 4.58. The Balaban J connectivity index is 1.49. The summed E-state index contributed by atoms with van der Waals surface area (Å²) in [7, 11) is -1.40. The Morgan fingerprint density at radius 2 is 1.97 bits per heavy atom. The summed E-state index contributed by atoms with van der Waals surface area (Å²) in [4.78, 5) is 30.2. The Morgan fingerprint density at radius 3 is 2.65 bits per heavy atom. The molecule has 2 heterocycles. The van der Waals surface area contributed by atoms with Crippen LogP contribution < -0.4 is 5.32 Å². The van der Waals surface area contributed by atoms with Gasteiger partial charge in [0.2, 0.25) is 11.8 Å². The molecule has 1 aromatic carbocycles. The maximum absolute atomic E-state index is 12.5. The predicted molar refractivity (Wildman–Crippen MR) is 118 cm³/mol. The van der Waals surface area contributed by atoms with Gasteiger partial charge < -0.3 is 19.4 Å². The summed E-state index contributed by atoms with van der Waals surface area (Å²) in [6.07, 6.45) is 0.986. The van der Waals surface area contributed by atoms with Gasteiger partial charge in [0, 0.05) is 35.5 Å². The highest BCUT2D eigenvalue weighted by atomic mass is 32.2. The number of aromatic nitrogens is 1. The van der Waals surface area contributed by atoms with Gasteiger partial charge in [0.05, 0.1) is 18.1 Å². The Labute approximate surface area is 184 Å². The summed E-state index contributed by atoms with van der Waals surface area (Å²) in [6.45, 7) is 6.96. The third-order valence-electron chi connectivity index (χ3n) is 5.24. The number of oxazole rings is 1. The molecule has 3 rings (SSSR count). The molecular formula is C22H29N3O5S. The Kier molecular flexibility index (Phi) is 7.84. The molecule has 2 aromatic rings. The van der Waals surface area contributed by atoms with E-state index >= 15 is 0 Å². The molecule has 0 bridgehead atoms. The number of amides is 2. The van der Waals surface area contributed by atoms with Gasteiger partial charge in [-0.25, -0.2) is 9.78 Å². The molecule has 1 N–H and O–H groups in total. The molecule has 9 heteroatoms. The first kappa shape index (κ1) is 23.0. The molecule has 1 atom stereocenters. The van der Waals surface area contributed by atoms with Gasteiger partial charge >= 0.3 is 6.09 Å². The van der Waals surface area contributed by atoms with E-state index in [9.17, 15) is 13.8 Å². The van der Waals surface area contributed by atoms with Crippen molar-refractivity contribution in [3.8, 4) is 11.5 Å². The van der Waals surface area contributed by atoms with Crippen LogP contribution in [0.15, 0.2) is 28.7 Å². The van der Waals surface area contributed by atoms with Crippen LogP contribution in [0, 0.1) is 13.8 Å². The van der Waals surface area contributed by atoms with Crippen LogP contribution >= 0.6 is 0 Å². The highest BCUT2D eigenvalue weighted by molar-refractivity contribution is 7.84. The minimum Gasteiger partial charge on any atom is -0.450 e. The molecule has 1 aliphatic rings. The van der Waals surface area contributed by atoms with Gasteiger partial charge in [0.15, 0.2) is 0 Å². The molecule has 1 fully saturated rings. The van der Waals surface area contributed by atoms with E-state index in [-0.39, 0.29) is 29.5 Å². The largest absolute Gasteiger partial charge is 0.450 e. The van der Waals surface area contributed by atoms with E-state index in [2.05, 4.69) is 10.3 Å². The van der Waals surface area contributed by atoms with Gasteiger partial charge in [-0.05, 0) is 45.2 Å². The van der Waals surface area contributed by atoms with Crippen LogP contribution in [0.25, 0.3) is 11.5 Å². The number of nitrogens with one attached hydrogen (secondary N) is 1. The molecule has 0 aliphatic carbocycles. The summed E-state index contributed by atoms with van der Waals surface area (Å²) in [5, 5.41) is 2.93. The predicted octanol–water partition coefficient (Wildman–Crippen LogP) is 2.94. The lowest BCUT2D eigenvalue weighted by molar-refractivity contribution is -0.119. The number of nitrogens with zero attached hydrogens (tertiary/aromatic N) is 2. The number of benzene rings is 1. The van der Waals surface area contributed by atoms with Crippen LogP contribution in [0.3, 0.4) is 0 Å². The van der Waals surface area contributed by atoms with Gasteiger partial charge in [-0.1, -0.05) is 18.2 Å². The quantitative estimate of drug-likeness (QED) is 0.700. The van der Waals surface area contributed by atoms with E-state index in [1.54, 1.807) is 18.7 Å². The van der Waals surface area contributed by atoms with E-state index < -0.39 is 10.8 Å². The van der Waals surface area contributed by atoms with Crippen LogP contribution in [0.2, 0.25) is 0 Å². The van der Waals surface area contributed by atoms with Crippen LogP contribution in [-0.4, -0.2) is 57.6 Å². The lowest BCUT2D eigenvalue weighted by Crippen LogP contribution is -2.47. The molecule has 1 aromatic heterocycles. The molecule has 0 unspecified atom stereocenters. The van der Waals surface area contributed by atoms with Crippen LogP contribution in [-0.2, 0) is 26.1 Å². The average Bonchev–Trinajstić information content (AvgIpc) is 3.08. The first-order valence-electron chi connectivity index (χ1n) is 10.5. The highest BCUT2D eigenvalue weighted by Crippen LogP contribution is 2.25. The topological polar surface area (TPSA) is 102 Å². The van der Waals surface area contributed by atoms with Crippen molar-refractivity contribution in [2.45, 2.75) is 45.4 Å². The Hall–Kier alpha value is -2.68. The number of hydrogen-bond donors (Lipinski definition) is 1. The third kappa shape index (κ3) is 6.16. The lowest BCUT2D eigenvalue weighted by Gasteiger charge is -2.31. The monoisotopic (exact) mass is 447 g/mol. The molecule has 1 saturated heterocycles. The number of carbonyl (C=O) groups excluding carboxylic acids is 2. The first-order chi connectivity index (χ1) is 14.9. The molecule has 0 saturated carbocycles. The van der Waals surface area contributed by atoms with Crippen molar-refractivity contribution in [3.05, 3.63) is 41.3 Å². The van der Waals surface area contributed by atoms with Crippen LogP contribution in [0.1, 0.15) is 36.8 Å². The molecule has 0 spiro atoms. The van der Waals surface area contributed by atoms with E-state index in [0.717, 1.165) is 11.1 Å². The minimum absolute atomic E-state index is 0.0309. The summed E-state index contributed by atoms with van der Waals surface area (Å²) in [5.74, 6) is 0.923. The van der Waals surface area contributed by atoms with Gasteiger partial charge in [0.25, 0.3) is 0 Å². The zero-order valence-corrected chi connectivity index (χ0v) is 19.0. The van der Waals surface area contributed by atoms with Crippen molar-refractivity contribution < 1.29 is 23.0 Å². The number of piperidine rings is 1. The van der Waals surface area contributed by atoms with E-state index in [4.69, 9.17) is 9.15 Å². The fourth-order valence-electron chi connectivity index (χ4n) is 3.53. The van der Waals surface area contributed by atoms with E-state index in [1.807, 2.05) is 31.2 Å². The minimum atomic E-state index is -1.40. The van der Waals surface area contributed by atoms with E-state index in [0.29, 0.717) is 49.9 Å². The standard InChI is InChI=1S/C22H29N3O5S/c1-4-29-22(27)25-11-9-17(10-12-25)23-20(26)14-31(28)13-19-16(3)30-21(24-19)18-8-6-5-7-15(18)2/h5-8,17H,4,9-14H2,1-3H3,(H,23,26)/t31-/m1/s1. The van der Waals surface area contributed by atoms with Crippen LogP contribution in [0.4, 0.5) is 4.79 Å². The molecule has 168 valence electrons. The number of carbonyl (C=O) groups is 2. The van der Waals surface area contributed by atoms with Crippen molar-refractivity contribution in [1.82, 2.24) is 15.2 Å². The maximum atomic E-state index is 12.5. The number of hydrogen-bond acceptors (Lipinski definition) is 6. The zero-order chi connectivity index (χ0) is 22.4. The summed E-state index contributed by atoms with van der Waals surface area (Å²) < 4.78 is 23.3. The van der Waals surface area contributed by atoms with Gasteiger partial charge in [0.1, 0.15) is 11.5 Å². The molecule has 31 heavy (non-hydrogen) atoms. The van der Waals surface area contributed by atoms with E-state index in [1.165, 1.54) is 0 Å². The summed E-state index contributed by atoms with van der Waals surface area (Å²) in [5.41, 5.74) is 2.55. The second-order valence-corrected chi connectivity index (χ2v) is 9.05. The molecule has 2 amide bonds. The van der Waals surface area contributed by atoms with Crippen molar-refractivity contribution in [3.63, 3.8) is 0 Å². The smallest absolute Gasteiger partial charge is 0.409 e. The molecule has 1 aliphatic heterocycles. The number of rotatable bonds is 7. The van der Waals surface area contributed by atoms with Crippen molar-refractivity contribution in [1.29, 1.82) is 0 Å². The lowest BCUT2D eigenvalue weighted by atomic mass is 10.1. The number of aryl methyl sites for hydroxylation is 2. The molecular weight excluding hydrogens is 418 g/mol. The fraction of sp³-hybridized carbons (Fsp3) is 0.500. The second-order valence-electron chi connectivity index (χ2n) is 7.59. The van der Waals surface area contributed by atoms with Gasteiger partial charge in [-0.15, -0.1) is 0 Å². The molecule has 0 radical (unpaired) electrons. The summed E-state index contributed by atoms with van der Waals surface area (Å²) >= 11 is 0. The number of ether oxygens (including phenoxy) is 1. The Bertz CT molecular complexity index is 950. The van der Waals surface area contributed by atoms with Crippen molar-refractivity contribution >= 4 is 22.8 Å². The van der Waals surface area contributed by atoms with Crippen molar-refractivity contribution in [2.75, 3.05) is 25.4 Å². The summed E-state index contributed by atoms with van der Waals surface area (Å²) in [6, 6.07) is 7.75. The SMILES string of the molecule is CCOC(=O)N1CCC(NC(=O)C[S@](=O)Cc2nc(-c3ccccc3C)oc2C)CC1. The zero-order valence-electron chi connectivity index (χ0n) is 18.2. The van der Waals surface area contributed by atoms with Gasteiger partial charge in [-0.2, -0.15) is 0 Å². The normalized spacial score (nSPS) is 15.5. The number of likely N-dealkylation sites (tertiary alicyclic amines) is 1. The molecule has 8 nitrogen and oxygen atoms in total. The first-order valence-corrected chi connectivity index (χ1v) is 11.9. The van der Waals surface area contributed by atoms with Crippen molar-refractivity contribution in [2.24, 2.45) is 0 Å². The second kappa shape index (κ2) is 10.6. The Morgan fingerprint density at radius 1 is 1.26 bits per heavy atom. The third-order valence-corrected chi connectivity index (χ3v) is 6.42. The van der Waals surface area contributed by atoms with Crippen LogP contribution in [0.5, 0.6) is 0 Å². The highest BCUT2D eigenvalue weighted by Gasteiger charge is 2.25. The maximum Gasteiger partial charge on any atom is 0.409 e. The average molecular weight is 448 g/mol. The van der Waals surface area contributed by atoms with Gasteiger partial charge in [-0.3, -0.25) is 9.00 Å².